The van der Waals surface area contributed by atoms with Gasteiger partial charge >= 0.3 is 0 Å². The zero-order chi connectivity index (χ0) is 23.7. The van der Waals surface area contributed by atoms with E-state index in [9.17, 15) is 0 Å². The second-order valence-electron chi connectivity index (χ2n) is 5.89. The van der Waals surface area contributed by atoms with Gasteiger partial charge in [0.25, 0.3) is 0 Å². The molecular formula is C12H15N21. The molecule has 168 valence electrons. The molecule has 0 radical (unpaired) electrons. The first kappa shape index (κ1) is 20.5. The van der Waals surface area contributed by atoms with Gasteiger partial charge in [-0.15, -0.1) is 0 Å². The first-order valence-corrected chi connectivity index (χ1v) is 8.57. The van der Waals surface area contributed by atoms with Crippen molar-refractivity contribution in [1.82, 2.24) is 54.2 Å². The van der Waals surface area contributed by atoms with Crippen molar-refractivity contribution in [1.29, 1.82) is 5.41 Å². The molecule has 5 heterocycles. The van der Waals surface area contributed by atoms with E-state index in [-0.39, 0.29) is 64.9 Å². The third-order valence-electron chi connectivity index (χ3n) is 3.48. The minimum atomic E-state index is -0.211. The molecule has 33 heavy (non-hydrogen) atoms. The van der Waals surface area contributed by atoms with E-state index in [0.717, 1.165) is 0 Å². The van der Waals surface area contributed by atoms with Crippen molar-refractivity contribution in [3.63, 3.8) is 0 Å². The fourth-order valence-corrected chi connectivity index (χ4v) is 2.39. The summed E-state index contributed by atoms with van der Waals surface area (Å²) in [6.45, 7) is 0. The number of aromatic nitrogens is 11. The van der Waals surface area contributed by atoms with E-state index in [0.29, 0.717) is 5.95 Å². The Kier molecular flexibility index (Phi) is 4.86. The Bertz CT molecular complexity index is 1360. The molecule has 0 unspecified atom stereocenters. The molecule has 21 nitrogen and oxygen atoms in total. The summed E-state index contributed by atoms with van der Waals surface area (Å²) in [5.41, 5.74) is 32.4. The van der Waals surface area contributed by atoms with Gasteiger partial charge in [0.2, 0.25) is 70.9 Å². The molecule has 0 saturated heterocycles. The highest BCUT2D eigenvalue weighted by Gasteiger charge is 2.16. The average molecular weight is 453 g/mol. The van der Waals surface area contributed by atoms with Crippen molar-refractivity contribution < 1.29 is 0 Å². The summed E-state index contributed by atoms with van der Waals surface area (Å²) in [7, 11) is 0. The predicted octanol–water partition coefficient (Wildman–Crippen LogP) is -3.92. The van der Waals surface area contributed by atoms with Crippen molar-refractivity contribution in [2.45, 2.75) is 0 Å². The van der Waals surface area contributed by atoms with Gasteiger partial charge in [-0.2, -0.15) is 54.8 Å². The highest BCUT2D eigenvalue weighted by Crippen LogP contribution is 2.18. The zero-order valence-corrected chi connectivity index (χ0v) is 16.3. The van der Waals surface area contributed by atoms with E-state index in [1.165, 1.54) is 4.40 Å². The smallest absolute Gasteiger partial charge is 0.248 e. The number of nitrogen functional groups attached to an aromatic ring is 5. The molecule has 0 spiro atoms. The normalized spacial score (nSPS) is 11.7. The monoisotopic (exact) mass is 453 g/mol. The van der Waals surface area contributed by atoms with Gasteiger partial charge in [0.1, 0.15) is 0 Å². The Hall–Kier alpha value is -5.76. The van der Waals surface area contributed by atoms with Gasteiger partial charge in [0, 0.05) is 0 Å². The van der Waals surface area contributed by atoms with Gasteiger partial charge in [-0.05, 0) is 0 Å². The van der Waals surface area contributed by atoms with Crippen LogP contribution in [-0.2, 0) is 0 Å². The van der Waals surface area contributed by atoms with Gasteiger partial charge in [-0.25, -0.2) is 4.40 Å². The van der Waals surface area contributed by atoms with E-state index in [1.807, 2.05) is 0 Å². The summed E-state index contributed by atoms with van der Waals surface area (Å²) in [4.78, 5) is 41.6. The van der Waals surface area contributed by atoms with Gasteiger partial charge < -0.3 is 34.4 Å². The molecule has 0 saturated carbocycles. The topological polar surface area (TPSA) is 350 Å². The number of nitrogens with two attached hydrogens (primary N) is 6. The summed E-state index contributed by atoms with van der Waals surface area (Å²) in [6, 6.07) is 0. The number of anilines is 8. The molecule has 0 bridgehead atoms. The van der Waals surface area contributed by atoms with Crippen LogP contribution < -0.4 is 50.7 Å². The van der Waals surface area contributed by atoms with E-state index >= 15 is 0 Å². The minimum absolute atomic E-state index is 0.0289. The van der Waals surface area contributed by atoms with Crippen LogP contribution >= 0.6 is 0 Å². The third kappa shape index (κ3) is 4.55. The van der Waals surface area contributed by atoms with Crippen LogP contribution in [0.15, 0.2) is 4.99 Å². The first-order chi connectivity index (χ1) is 15.7. The lowest BCUT2D eigenvalue weighted by molar-refractivity contribution is 0.862. The van der Waals surface area contributed by atoms with E-state index in [2.05, 4.69) is 65.5 Å². The highest BCUT2D eigenvalue weighted by atomic mass is 15.4. The second kappa shape index (κ2) is 7.82. The molecule has 0 amide bonds. The molecule has 0 atom stereocenters. The Morgan fingerprint density at radius 1 is 0.636 bits per heavy atom. The summed E-state index contributed by atoms with van der Waals surface area (Å²) >= 11 is 0. The molecular weight excluding hydrogens is 438 g/mol. The van der Waals surface area contributed by atoms with Crippen LogP contribution in [0.2, 0.25) is 0 Å². The fraction of sp³-hybridized carbons (Fsp3) is 0. The van der Waals surface area contributed by atoms with Crippen molar-refractivity contribution in [3.05, 3.63) is 5.62 Å². The Balaban J connectivity index is 0.000000157. The Morgan fingerprint density at radius 2 is 1.15 bits per heavy atom. The maximum absolute atomic E-state index is 7.38. The molecule has 5 rings (SSSR count). The van der Waals surface area contributed by atoms with Crippen LogP contribution in [0.25, 0.3) is 5.78 Å². The molecule has 15 N–H and O–H groups in total. The number of hydrogen-bond donors (Lipinski definition) is 9. The second-order valence-corrected chi connectivity index (χ2v) is 5.89. The Morgan fingerprint density at radius 3 is 1.70 bits per heavy atom. The summed E-state index contributed by atoms with van der Waals surface area (Å²) in [6.07, 6.45) is 0. The SMILES string of the molecule is N=c1nc2n3c(nc(N)nc3n1)NC(N)=N2.Nc1nc(N)nc(Nc2nc(N)nc(N)n2)n1. The standard InChI is InChI=1S/C6H9N11.C6H6N10/c7-1-11-2(8)14-5(13-1)17-6-15-3(9)12-4(10)16-6;7-1-10-4-12-2(8)14-6-15-3(9)13-5(11-1)16(4)6/h(H9,7,8,9,10,11,12,13,14,15,16,17);(H6,7,8,9,10,11,12,13,14,15). The molecule has 0 aliphatic carbocycles. The predicted molar refractivity (Wildman–Crippen MR) is 114 cm³/mol. The average Bonchev–Trinajstić information content (AvgIpc) is 2.65. The molecule has 0 fully saturated rings. The van der Waals surface area contributed by atoms with Crippen LogP contribution in [-0.4, -0.2) is 60.2 Å². The first-order valence-electron chi connectivity index (χ1n) is 8.57. The third-order valence-corrected chi connectivity index (χ3v) is 3.48. The van der Waals surface area contributed by atoms with Crippen molar-refractivity contribution in [3.8, 4) is 0 Å². The number of nitrogens with one attached hydrogen (secondary N) is 3. The van der Waals surface area contributed by atoms with Crippen LogP contribution in [0.3, 0.4) is 0 Å². The van der Waals surface area contributed by atoms with Gasteiger partial charge in [-0.3, -0.25) is 16.0 Å². The summed E-state index contributed by atoms with van der Waals surface area (Å²) in [5, 5.41) is 12.7. The van der Waals surface area contributed by atoms with E-state index < -0.39 is 0 Å². The number of hydrogen-bond acceptors (Lipinski definition) is 20. The Labute approximate surface area is 181 Å². The van der Waals surface area contributed by atoms with E-state index in [4.69, 9.17) is 39.8 Å². The highest BCUT2D eigenvalue weighted by molar-refractivity contribution is 5.94. The van der Waals surface area contributed by atoms with E-state index in [1.54, 1.807) is 0 Å². The number of nitrogens with zero attached hydrogens (tertiary/aromatic N) is 12. The summed E-state index contributed by atoms with van der Waals surface area (Å²) < 4.78 is 1.42. The number of rotatable bonds is 2. The quantitative estimate of drug-likeness (QED) is 0.140. The molecule has 0 aromatic carbocycles. The van der Waals surface area contributed by atoms with Crippen LogP contribution in [0.5, 0.6) is 0 Å². The van der Waals surface area contributed by atoms with Crippen molar-refractivity contribution in [2.24, 2.45) is 10.7 Å². The zero-order valence-electron chi connectivity index (χ0n) is 16.3. The number of aliphatic imine (C=N–C) groups is 1. The van der Waals surface area contributed by atoms with Gasteiger partial charge in [0.15, 0.2) is 0 Å². The maximum Gasteiger partial charge on any atom is 0.248 e. The largest absolute Gasteiger partial charge is 0.369 e. The van der Waals surface area contributed by atoms with Crippen molar-refractivity contribution >= 4 is 65.3 Å². The minimum Gasteiger partial charge on any atom is -0.369 e. The van der Waals surface area contributed by atoms with Crippen LogP contribution in [0.1, 0.15) is 0 Å². The number of guanidine groups is 1. The fourth-order valence-electron chi connectivity index (χ4n) is 2.39. The lowest BCUT2D eigenvalue weighted by Gasteiger charge is -2.14. The van der Waals surface area contributed by atoms with Gasteiger partial charge in [-0.1, -0.05) is 0 Å². The van der Waals surface area contributed by atoms with Crippen LogP contribution in [0, 0.1) is 5.41 Å². The molecule has 1 aliphatic heterocycles. The summed E-state index contributed by atoms with van der Waals surface area (Å²) in [5.74, 6) is 0.904. The van der Waals surface area contributed by atoms with Gasteiger partial charge in [0.05, 0.1) is 0 Å². The lowest BCUT2D eigenvalue weighted by atomic mass is 10.7. The molecule has 4 aromatic heterocycles. The lowest BCUT2D eigenvalue weighted by Crippen LogP contribution is -2.30. The molecule has 21 heteroatoms. The van der Waals surface area contributed by atoms with Crippen LogP contribution in [0.4, 0.5) is 53.5 Å². The van der Waals surface area contributed by atoms with Crippen molar-refractivity contribution in [2.75, 3.05) is 39.3 Å². The maximum atomic E-state index is 7.38. The molecule has 1 aliphatic rings. The molecule has 4 aromatic rings.